The molecule has 0 radical (unpaired) electrons. The molecule has 9 nitrogen and oxygen atoms in total. The summed E-state index contributed by atoms with van der Waals surface area (Å²) in [5.41, 5.74) is 4.83. The van der Waals surface area contributed by atoms with E-state index in [4.69, 9.17) is 10.5 Å². The van der Waals surface area contributed by atoms with E-state index >= 15 is 0 Å². The number of anilines is 2. The summed E-state index contributed by atoms with van der Waals surface area (Å²) in [6.45, 7) is 4.02. The van der Waals surface area contributed by atoms with E-state index in [2.05, 4.69) is 15.6 Å². The van der Waals surface area contributed by atoms with Crippen LogP contribution in [0.2, 0.25) is 0 Å². The largest absolute Gasteiger partial charge is 0.396 e. The Hall–Kier alpha value is -3.38. The summed E-state index contributed by atoms with van der Waals surface area (Å²) in [4.78, 5) is 29.5. The zero-order chi connectivity index (χ0) is 26.1. The van der Waals surface area contributed by atoms with Crippen LogP contribution in [0.1, 0.15) is 40.3 Å². The molecule has 0 bridgehead atoms. The normalized spacial score (nSPS) is 14.7. The highest BCUT2D eigenvalue weighted by molar-refractivity contribution is 7.20. The lowest BCUT2D eigenvalue weighted by Crippen LogP contribution is -2.53. The predicted molar refractivity (Wildman–Crippen MR) is 134 cm³/mol. The van der Waals surface area contributed by atoms with Gasteiger partial charge in [-0.3, -0.25) is 9.59 Å². The summed E-state index contributed by atoms with van der Waals surface area (Å²) in [6.07, 6.45) is 0. The van der Waals surface area contributed by atoms with Gasteiger partial charge in [-0.05, 0) is 43.7 Å². The number of halogens is 1. The van der Waals surface area contributed by atoms with Gasteiger partial charge in [0.25, 0.3) is 11.8 Å². The molecule has 36 heavy (non-hydrogen) atoms. The lowest BCUT2D eigenvalue weighted by molar-refractivity contribution is -0.133. The van der Waals surface area contributed by atoms with Crippen LogP contribution in [-0.4, -0.2) is 53.4 Å². The van der Waals surface area contributed by atoms with E-state index in [0.29, 0.717) is 34.5 Å². The van der Waals surface area contributed by atoms with Gasteiger partial charge in [0, 0.05) is 17.0 Å². The second-order valence-electron chi connectivity index (χ2n) is 9.34. The number of hydrogen-bond acceptors (Lipinski definition) is 8. The fourth-order valence-electron chi connectivity index (χ4n) is 3.64. The number of carbonyl (C=O) groups is 2. The van der Waals surface area contributed by atoms with Crippen molar-refractivity contribution in [3.8, 4) is 10.4 Å². The minimum Gasteiger partial charge on any atom is -0.396 e. The Morgan fingerprint density at radius 2 is 2.00 bits per heavy atom. The number of hydrogen-bond donors (Lipinski definition) is 5. The number of benzene rings is 1. The molecule has 0 saturated carbocycles. The van der Waals surface area contributed by atoms with Crippen molar-refractivity contribution in [1.29, 1.82) is 0 Å². The Morgan fingerprint density at radius 1 is 1.25 bits per heavy atom. The minimum absolute atomic E-state index is 0.0972. The first-order chi connectivity index (χ1) is 17.0. The standard InChI is InChI=1S/C25H27FN4O5S/c1-24(2,34)14-6-7-15(17(26)8-14)19-9-16(21(27)32)23(36-19)30-20-5-3-4-18(29-20)22(33)28-10-25(11-31)12-35-13-25/h3-9,31,34H,10-13H2,1-2H3,(H2,27,32)(H,28,33)(H,29,30). The van der Waals surface area contributed by atoms with Crippen molar-refractivity contribution in [3.63, 3.8) is 0 Å². The first-order valence-corrected chi connectivity index (χ1v) is 12.0. The van der Waals surface area contributed by atoms with Crippen LogP contribution < -0.4 is 16.4 Å². The number of amides is 2. The van der Waals surface area contributed by atoms with Gasteiger partial charge >= 0.3 is 0 Å². The average molecular weight is 515 g/mol. The molecule has 190 valence electrons. The molecule has 0 spiro atoms. The summed E-state index contributed by atoms with van der Waals surface area (Å²) in [5.74, 6) is -1.39. The number of rotatable bonds is 9. The second kappa shape index (κ2) is 9.94. The smallest absolute Gasteiger partial charge is 0.269 e. The predicted octanol–water partition coefficient (Wildman–Crippen LogP) is 2.76. The number of aliphatic hydroxyl groups is 2. The van der Waals surface area contributed by atoms with Crippen LogP contribution in [0.3, 0.4) is 0 Å². The van der Waals surface area contributed by atoms with Crippen molar-refractivity contribution < 1.29 is 28.9 Å². The van der Waals surface area contributed by atoms with E-state index in [1.165, 1.54) is 18.2 Å². The van der Waals surface area contributed by atoms with Gasteiger partial charge in [-0.1, -0.05) is 18.2 Å². The number of nitrogens with two attached hydrogens (primary N) is 1. The number of pyridine rings is 1. The van der Waals surface area contributed by atoms with Crippen molar-refractivity contribution in [3.05, 3.63) is 65.1 Å². The molecule has 3 heterocycles. The summed E-state index contributed by atoms with van der Waals surface area (Å²) in [7, 11) is 0. The van der Waals surface area contributed by atoms with Gasteiger partial charge in [0.2, 0.25) is 0 Å². The van der Waals surface area contributed by atoms with Crippen molar-refractivity contribution in [2.75, 3.05) is 31.7 Å². The number of ether oxygens (including phenoxy) is 1. The van der Waals surface area contributed by atoms with Gasteiger partial charge in [-0.25, -0.2) is 9.37 Å². The monoisotopic (exact) mass is 514 g/mol. The molecule has 1 aliphatic rings. The Balaban J connectivity index is 1.55. The van der Waals surface area contributed by atoms with Crippen LogP contribution in [0.4, 0.5) is 15.2 Å². The summed E-state index contributed by atoms with van der Waals surface area (Å²) >= 11 is 1.11. The number of thiophene rings is 1. The molecule has 2 aromatic heterocycles. The van der Waals surface area contributed by atoms with Crippen LogP contribution in [0, 0.1) is 11.2 Å². The van der Waals surface area contributed by atoms with E-state index in [0.717, 1.165) is 11.3 Å². The zero-order valence-electron chi connectivity index (χ0n) is 19.8. The average Bonchev–Trinajstić information content (AvgIpc) is 3.21. The summed E-state index contributed by atoms with van der Waals surface area (Å²) in [5, 5.41) is 25.8. The third-order valence-electron chi connectivity index (χ3n) is 5.94. The molecule has 0 aliphatic carbocycles. The van der Waals surface area contributed by atoms with Gasteiger partial charge in [0.15, 0.2) is 0 Å². The molecule has 11 heteroatoms. The molecule has 4 rings (SSSR count). The lowest BCUT2D eigenvalue weighted by atomic mass is 9.87. The summed E-state index contributed by atoms with van der Waals surface area (Å²) < 4.78 is 20.0. The molecule has 3 aromatic rings. The maximum Gasteiger partial charge on any atom is 0.269 e. The number of aliphatic hydroxyl groups excluding tert-OH is 1. The molecular weight excluding hydrogens is 487 g/mol. The van der Waals surface area contributed by atoms with Crippen LogP contribution >= 0.6 is 11.3 Å². The quantitative estimate of drug-likeness (QED) is 0.295. The lowest BCUT2D eigenvalue weighted by Gasteiger charge is -2.39. The fourth-order valence-corrected chi connectivity index (χ4v) is 4.74. The molecule has 0 atom stereocenters. The maximum atomic E-state index is 14.9. The molecular formula is C25H27FN4O5S. The molecule has 1 aliphatic heterocycles. The Morgan fingerprint density at radius 3 is 2.58 bits per heavy atom. The second-order valence-corrected chi connectivity index (χ2v) is 10.4. The third kappa shape index (κ3) is 5.39. The first-order valence-electron chi connectivity index (χ1n) is 11.2. The number of primary amides is 1. The topological polar surface area (TPSA) is 147 Å². The highest BCUT2D eigenvalue weighted by atomic mass is 32.1. The number of nitrogens with zero attached hydrogens (tertiary/aromatic N) is 1. The Labute approximate surface area is 211 Å². The SMILES string of the molecule is CC(C)(O)c1ccc(-c2cc(C(N)=O)c(Nc3cccc(C(=O)NCC4(CO)COC4)n3)s2)c(F)c1. The van der Waals surface area contributed by atoms with Gasteiger partial charge in [0.1, 0.15) is 22.3 Å². The van der Waals surface area contributed by atoms with Crippen molar-refractivity contribution >= 4 is 34.0 Å². The first kappa shape index (κ1) is 25.7. The minimum atomic E-state index is -1.20. The number of nitrogens with one attached hydrogen (secondary N) is 2. The molecule has 2 amide bonds. The van der Waals surface area contributed by atoms with Crippen molar-refractivity contribution in [2.24, 2.45) is 11.1 Å². The zero-order valence-corrected chi connectivity index (χ0v) is 20.6. The Bertz CT molecular complexity index is 1290. The van der Waals surface area contributed by atoms with E-state index in [1.54, 1.807) is 38.1 Å². The van der Waals surface area contributed by atoms with Crippen LogP contribution in [0.5, 0.6) is 0 Å². The maximum absolute atomic E-state index is 14.9. The highest BCUT2D eigenvalue weighted by Gasteiger charge is 2.38. The number of aromatic nitrogens is 1. The third-order valence-corrected chi connectivity index (χ3v) is 7.02. The van der Waals surface area contributed by atoms with E-state index in [1.807, 2.05) is 0 Å². The van der Waals surface area contributed by atoms with Crippen LogP contribution in [0.25, 0.3) is 10.4 Å². The molecule has 1 aromatic carbocycles. The van der Waals surface area contributed by atoms with Crippen molar-refractivity contribution in [2.45, 2.75) is 19.4 Å². The van der Waals surface area contributed by atoms with Crippen LogP contribution in [0.15, 0.2) is 42.5 Å². The molecule has 1 fully saturated rings. The molecule has 0 unspecified atom stereocenters. The molecule has 1 saturated heterocycles. The molecule has 6 N–H and O–H groups in total. The fraction of sp³-hybridized carbons (Fsp3) is 0.320. The van der Waals surface area contributed by atoms with Crippen molar-refractivity contribution in [1.82, 2.24) is 10.3 Å². The highest BCUT2D eigenvalue weighted by Crippen LogP contribution is 2.38. The summed E-state index contributed by atoms with van der Waals surface area (Å²) in [6, 6.07) is 10.7. The van der Waals surface area contributed by atoms with E-state index in [9.17, 15) is 24.2 Å². The van der Waals surface area contributed by atoms with Gasteiger partial charge in [-0.15, -0.1) is 11.3 Å². The van der Waals surface area contributed by atoms with E-state index < -0.39 is 28.6 Å². The Kier molecular flexibility index (Phi) is 7.10. The van der Waals surface area contributed by atoms with Gasteiger partial charge in [0.05, 0.1) is 36.4 Å². The van der Waals surface area contributed by atoms with Crippen LogP contribution in [-0.2, 0) is 10.3 Å². The van der Waals surface area contributed by atoms with Gasteiger partial charge in [-0.2, -0.15) is 0 Å². The van der Waals surface area contributed by atoms with E-state index in [-0.39, 0.29) is 30.0 Å². The number of carbonyl (C=O) groups excluding carboxylic acids is 2. The van der Waals surface area contributed by atoms with Gasteiger partial charge < -0.3 is 31.3 Å².